The summed E-state index contributed by atoms with van der Waals surface area (Å²) in [6.07, 6.45) is 0. The number of ether oxygens (including phenoxy) is 1. The number of halogens is 1. The predicted octanol–water partition coefficient (Wildman–Crippen LogP) is 3.84. The van der Waals surface area contributed by atoms with Gasteiger partial charge in [-0.1, -0.05) is 26.0 Å². The van der Waals surface area contributed by atoms with E-state index < -0.39 is 28.9 Å². The van der Waals surface area contributed by atoms with Crippen LogP contribution >= 0.6 is 0 Å². The number of benzene rings is 2. The second kappa shape index (κ2) is 12.1. The number of pyridine rings is 1. The number of nitriles is 2. The van der Waals surface area contributed by atoms with Gasteiger partial charge in [0.05, 0.1) is 36.9 Å². The SMILES string of the molecule is COc1ccc(CNc2cc(Cn3c(C(=O)c4cc(C#N)cc(C#N)c4)c(C(C)C)c(=O)[nH]c3=O)cc(F)n2)cc1. The summed E-state index contributed by atoms with van der Waals surface area (Å²) in [6, 6.07) is 17.6. The van der Waals surface area contributed by atoms with E-state index in [2.05, 4.69) is 15.3 Å². The molecule has 0 spiro atoms. The van der Waals surface area contributed by atoms with Crippen molar-refractivity contribution in [2.24, 2.45) is 0 Å². The standard InChI is InChI=1S/C30H25FN6O4/c1-17(2)26-27(28(38)22-9-19(13-32)8-20(10-22)14-33)37(30(40)36-29(26)39)16-21-11-24(31)35-25(12-21)34-15-18-4-6-23(41-3)7-5-18/h4-12,17H,15-16H2,1-3H3,(H,34,35)(H,36,39,40). The summed E-state index contributed by atoms with van der Waals surface area (Å²) in [7, 11) is 1.56. The number of aromatic nitrogens is 3. The maximum absolute atomic E-state index is 14.6. The van der Waals surface area contributed by atoms with E-state index in [1.807, 2.05) is 24.3 Å². The van der Waals surface area contributed by atoms with Gasteiger partial charge in [-0.2, -0.15) is 14.9 Å². The third-order valence-electron chi connectivity index (χ3n) is 6.31. The fourth-order valence-corrected chi connectivity index (χ4v) is 4.39. The Balaban J connectivity index is 1.77. The van der Waals surface area contributed by atoms with Gasteiger partial charge in [0.1, 0.15) is 17.3 Å². The third-order valence-corrected chi connectivity index (χ3v) is 6.31. The average Bonchev–Trinajstić information content (AvgIpc) is 2.96. The van der Waals surface area contributed by atoms with Gasteiger partial charge in [-0.25, -0.2) is 9.78 Å². The predicted molar refractivity (Wildman–Crippen MR) is 148 cm³/mol. The van der Waals surface area contributed by atoms with Crippen molar-refractivity contribution in [1.82, 2.24) is 14.5 Å². The van der Waals surface area contributed by atoms with Gasteiger partial charge in [-0.15, -0.1) is 0 Å². The number of hydrogen-bond donors (Lipinski definition) is 2. The van der Waals surface area contributed by atoms with Crippen LogP contribution in [0.15, 0.2) is 64.2 Å². The lowest BCUT2D eigenvalue weighted by atomic mass is 9.95. The second-order valence-corrected chi connectivity index (χ2v) is 9.50. The zero-order valence-electron chi connectivity index (χ0n) is 22.5. The zero-order valence-corrected chi connectivity index (χ0v) is 22.5. The van der Waals surface area contributed by atoms with E-state index in [1.54, 1.807) is 33.1 Å². The highest BCUT2D eigenvalue weighted by Crippen LogP contribution is 2.22. The van der Waals surface area contributed by atoms with Crippen molar-refractivity contribution < 1.29 is 13.9 Å². The first-order valence-corrected chi connectivity index (χ1v) is 12.5. The molecule has 206 valence electrons. The smallest absolute Gasteiger partial charge is 0.329 e. The molecule has 0 bridgehead atoms. The number of carbonyl (C=O) groups is 1. The molecule has 0 atom stereocenters. The molecule has 0 radical (unpaired) electrons. The van der Waals surface area contributed by atoms with Crippen molar-refractivity contribution in [3.05, 3.63) is 120 Å². The van der Waals surface area contributed by atoms with Crippen LogP contribution in [0.5, 0.6) is 5.75 Å². The Kier molecular flexibility index (Phi) is 8.40. The van der Waals surface area contributed by atoms with E-state index in [-0.39, 0.29) is 40.3 Å². The Morgan fingerprint density at radius 1 is 1.05 bits per heavy atom. The Hall–Kier alpha value is -5.55. The fourth-order valence-electron chi connectivity index (χ4n) is 4.39. The largest absolute Gasteiger partial charge is 0.497 e. The summed E-state index contributed by atoms with van der Waals surface area (Å²) in [4.78, 5) is 45.9. The molecule has 0 aliphatic heterocycles. The topological polar surface area (TPSA) is 154 Å². The summed E-state index contributed by atoms with van der Waals surface area (Å²) in [5, 5.41) is 21.8. The molecule has 0 aliphatic rings. The zero-order chi connectivity index (χ0) is 29.7. The van der Waals surface area contributed by atoms with Gasteiger partial charge in [0.2, 0.25) is 11.7 Å². The minimum atomic E-state index is -0.871. The van der Waals surface area contributed by atoms with Crippen molar-refractivity contribution in [2.75, 3.05) is 12.4 Å². The summed E-state index contributed by atoms with van der Waals surface area (Å²) < 4.78 is 20.8. The number of ketones is 1. The highest BCUT2D eigenvalue weighted by atomic mass is 19.1. The van der Waals surface area contributed by atoms with E-state index in [0.29, 0.717) is 17.9 Å². The van der Waals surface area contributed by atoms with Gasteiger partial charge in [0.25, 0.3) is 5.56 Å². The Morgan fingerprint density at radius 3 is 2.29 bits per heavy atom. The van der Waals surface area contributed by atoms with Crippen LogP contribution in [0.1, 0.15) is 63.6 Å². The quantitative estimate of drug-likeness (QED) is 0.235. The first-order chi connectivity index (χ1) is 19.6. The number of carbonyl (C=O) groups excluding carboxylic acids is 1. The number of rotatable bonds is 9. The summed E-state index contributed by atoms with van der Waals surface area (Å²) in [5.41, 5.74) is -0.474. The summed E-state index contributed by atoms with van der Waals surface area (Å²) in [6.45, 7) is 3.44. The van der Waals surface area contributed by atoms with Gasteiger partial charge >= 0.3 is 5.69 Å². The number of nitrogens with one attached hydrogen (secondary N) is 2. The molecule has 2 aromatic heterocycles. The molecule has 0 fully saturated rings. The summed E-state index contributed by atoms with van der Waals surface area (Å²) >= 11 is 0. The highest BCUT2D eigenvalue weighted by Gasteiger charge is 2.25. The Labute approximate surface area is 234 Å². The van der Waals surface area contributed by atoms with Crippen LogP contribution in [0.2, 0.25) is 0 Å². The molecule has 11 heteroatoms. The van der Waals surface area contributed by atoms with Crippen molar-refractivity contribution in [2.45, 2.75) is 32.9 Å². The van der Waals surface area contributed by atoms with Gasteiger partial charge in [-0.05, 0) is 59.5 Å². The van der Waals surface area contributed by atoms with Gasteiger partial charge < -0.3 is 10.1 Å². The number of aromatic amines is 1. The Morgan fingerprint density at radius 2 is 1.71 bits per heavy atom. The second-order valence-electron chi connectivity index (χ2n) is 9.50. The molecule has 0 saturated heterocycles. The van der Waals surface area contributed by atoms with Gasteiger partial charge in [-0.3, -0.25) is 19.1 Å². The van der Waals surface area contributed by atoms with Crippen molar-refractivity contribution in [3.8, 4) is 17.9 Å². The average molecular weight is 553 g/mol. The number of nitrogens with zero attached hydrogens (tertiary/aromatic N) is 4. The van der Waals surface area contributed by atoms with Crippen LogP contribution < -0.4 is 21.3 Å². The number of anilines is 1. The van der Waals surface area contributed by atoms with Gasteiger partial charge in [0, 0.05) is 17.7 Å². The molecule has 0 aliphatic carbocycles. The van der Waals surface area contributed by atoms with E-state index in [9.17, 15) is 29.3 Å². The van der Waals surface area contributed by atoms with E-state index >= 15 is 0 Å². The molecule has 2 heterocycles. The van der Waals surface area contributed by atoms with Crippen molar-refractivity contribution in [3.63, 3.8) is 0 Å². The minimum absolute atomic E-state index is 0.0380. The van der Waals surface area contributed by atoms with E-state index in [0.717, 1.165) is 16.2 Å². The van der Waals surface area contributed by atoms with Gasteiger partial charge in [0.15, 0.2) is 0 Å². The molecule has 10 nitrogen and oxygen atoms in total. The minimum Gasteiger partial charge on any atom is -0.497 e. The molecule has 2 N–H and O–H groups in total. The fraction of sp³-hybridized carbons (Fsp3) is 0.200. The van der Waals surface area contributed by atoms with Crippen molar-refractivity contribution >= 4 is 11.6 Å². The summed E-state index contributed by atoms with van der Waals surface area (Å²) in [5.74, 6) is -1.12. The molecule has 0 unspecified atom stereocenters. The lowest BCUT2D eigenvalue weighted by Crippen LogP contribution is -2.38. The lowest BCUT2D eigenvalue weighted by molar-refractivity contribution is 0.102. The molecular weight excluding hydrogens is 527 g/mol. The van der Waals surface area contributed by atoms with Crippen LogP contribution in [0, 0.1) is 28.6 Å². The van der Waals surface area contributed by atoms with Crippen molar-refractivity contribution in [1.29, 1.82) is 10.5 Å². The molecule has 4 rings (SSSR count). The molecule has 2 aromatic carbocycles. The molecule has 0 saturated carbocycles. The van der Waals surface area contributed by atoms with E-state index in [1.165, 1.54) is 24.3 Å². The van der Waals surface area contributed by atoms with Crippen LogP contribution in [0.3, 0.4) is 0 Å². The number of hydrogen-bond acceptors (Lipinski definition) is 8. The lowest BCUT2D eigenvalue weighted by Gasteiger charge is -2.18. The van der Waals surface area contributed by atoms with E-state index in [4.69, 9.17) is 4.74 Å². The number of methoxy groups -OCH3 is 1. The van der Waals surface area contributed by atoms with Crippen LogP contribution in [-0.2, 0) is 13.1 Å². The van der Waals surface area contributed by atoms with Crippen LogP contribution in [0.4, 0.5) is 10.2 Å². The maximum atomic E-state index is 14.6. The first-order valence-electron chi connectivity index (χ1n) is 12.5. The van der Waals surface area contributed by atoms with Crippen LogP contribution in [-0.4, -0.2) is 27.4 Å². The molecule has 4 aromatic rings. The Bertz CT molecular complexity index is 1800. The first kappa shape index (κ1) is 28.5. The monoisotopic (exact) mass is 552 g/mol. The maximum Gasteiger partial charge on any atom is 0.329 e. The number of H-pyrrole nitrogens is 1. The molecular formula is C30H25FN6O4. The third kappa shape index (κ3) is 6.37. The molecule has 0 amide bonds. The normalized spacial score (nSPS) is 10.6. The van der Waals surface area contributed by atoms with Crippen LogP contribution in [0.25, 0.3) is 0 Å². The highest BCUT2D eigenvalue weighted by molar-refractivity contribution is 6.09. The molecule has 41 heavy (non-hydrogen) atoms.